The third-order valence-electron chi connectivity index (χ3n) is 6.46. The van der Waals surface area contributed by atoms with Crippen molar-refractivity contribution in [2.45, 2.75) is 36.4 Å². The number of aryl methyl sites for hydroxylation is 1. The molecule has 2 aromatic carbocycles. The molecule has 0 unspecified atom stereocenters. The second-order valence-electron chi connectivity index (χ2n) is 8.73. The van der Waals surface area contributed by atoms with E-state index in [9.17, 15) is 9.18 Å². The zero-order valence-corrected chi connectivity index (χ0v) is 23.9. The van der Waals surface area contributed by atoms with Crippen LogP contribution in [0.15, 0.2) is 42.6 Å². The predicted octanol–water partition coefficient (Wildman–Crippen LogP) is 6.09. The highest BCUT2D eigenvalue weighted by molar-refractivity contribution is 8.00. The van der Waals surface area contributed by atoms with Gasteiger partial charge in [-0.2, -0.15) is 0 Å². The maximum atomic E-state index is 14.2. The third-order valence-corrected chi connectivity index (χ3v) is 9.26. The van der Waals surface area contributed by atoms with E-state index in [1.165, 1.54) is 7.11 Å². The van der Waals surface area contributed by atoms with Crippen LogP contribution in [-0.4, -0.2) is 47.0 Å². The van der Waals surface area contributed by atoms with Crippen LogP contribution in [0.25, 0.3) is 5.69 Å². The monoisotopic (exact) mass is 588 g/mol. The lowest BCUT2D eigenvalue weighted by molar-refractivity contribution is -0.140. The summed E-state index contributed by atoms with van der Waals surface area (Å²) < 4.78 is 32.1. The van der Waals surface area contributed by atoms with Crippen molar-refractivity contribution >= 4 is 40.7 Å². The molecule has 1 aliphatic rings. The van der Waals surface area contributed by atoms with Crippen molar-refractivity contribution in [1.29, 1.82) is 0 Å². The largest absolute Gasteiger partial charge is 0.493 e. The van der Waals surface area contributed by atoms with Crippen LogP contribution in [0.3, 0.4) is 0 Å². The molecule has 5 rings (SSSR count). The van der Waals surface area contributed by atoms with E-state index in [4.69, 9.17) is 25.8 Å². The normalized spacial score (nSPS) is 16.2. The molecule has 2 aromatic heterocycles. The smallest absolute Gasteiger partial charge is 0.305 e. The highest BCUT2D eigenvalue weighted by atomic mass is 35.5. The lowest BCUT2D eigenvalue weighted by Crippen LogP contribution is -2.08. The van der Waals surface area contributed by atoms with Crippen LogP contribution in [0.5, 0.6) is 11.5 Å². The van der Waals surface area contributed by atoms with Gasteiger partial charge in [-0.05, 0) is 36.2 Å². The Hall–Kier alpha value is -3.15. The quantitative estimate of drug-likeness (QED) is 0.217. The van der Waals surface area contributed by atoms with E-state index in [0.717, 1.165) is 26.7 Å². The fourth-order valence-electron chi connectivity index (χ4n) is 4.67. The summed E-state index contributed by atoms with van der Waals surface area (Å²) in [5.74, 6) is 1.81. The van der Waals surface area contributed by atoms with Gasteiger partial charge in [0, 0.05) is 28.1 Å². The molecule has 0 spiro atoms. The second-order valence-corrected chi connectivity index (χ2v) is 11.7. The Morgan fingerprint density at radius 1 is 1.13 bits per heavy atom. The molecule has 3 heterocycles. The molecule has 0 aliphatic carbocycles. The summed E-state index contributed by atoms with van der Waals surface area (Å²) in [4.78, 5) is 17.2. The van der Waals surface area contributed by atoms with E-state index >= 15 is 0 Å². The molecule has 2 atom stereocenters. The van der Waals surface area contributed by atoms with Gasteiger partial charge in [-0.15, -0.1) is 33.3 Å². The second kappa shape index (κ2) is 11.9. The van der Waals surface area contributed by atoms with Gasteiger partial charge in [-0.3, -0.25) is 9.36 Å². The molecule has 39 heavy (non-hydrogen) atoms. The number of methoxy groups -OCH3 is 3. The molecule has 0 saturated carbocycles. The molecule has 0 fully saturated rings. The van der Waals surface area contributed by atoms with E-state index in [0.29, 0.717) is 35.2 Å². The van der Waals surface area contributed by atoms with Crippen molar-refractivity contribution in [2.24, 2.45) is 0 Å². The Labute approximate surface area is 238 Å². The van der Waals surface area contributed by atoms with Crippen molar-refractivity contribution in [3.8, 4) is 17.2 Å². The van der Waals surface area contributed by atoms with Gasteiger partial charge in [0.1, 0.15) is 6.67 Å². The van der Waals surface area contributed by atoms with Gasteiger partial charge < -0.3 is 14.2 Å². The maximum absolute atomic E-state index is 14.2. The van der Waals surface area contributed by atoms with Gasteiger partial charge in [0.15, 0.2) is 23.1 Å². The third kappa shape index (κ3) is 5.48. The number of aromatic nitrogens is 4. The van der Waals surface area contributed by atoms with Gasteiger partial charge in [-0.25, -0.2) is 9.37 Å². The number of para-hydroxylation sites is 1. The van der Waals surface area contributed by atoms with Crippen LogP contribution in [0.4, 0.5) is 4.39 Å². The Morgan fingerprint density at radius 3 is 2.72 bits per heavy atom. The maximum Gasteiger partial charge on any atom is 0.305 e. The fraction of sp³-hybridized carbons (Fsp3) is 0.333. The number of nitrogens with zero attached hydrogens (tertiary/aromatic N) is 4. The first-order chi connectivity index (χ1) is 19.0. The molecule has 0 bridgehead atoms. The Morgan fingerprint density at radius 2 is 1.97 bits per heavy atom. The zero-order valence-electron chi connectivity index (χ0n) is 21.5. The van der Waals surface area contributed by atoms with Crippen LogP contribution in [0.1, 0.15) is 49.6 Å². The van der Waals surface area contributed by atoms with E-state index in [2.05, 4.69) is 15.2 Å². The van der Waals surface area contributed by atoms with Gasteiger partial charge in [-0.1, -0.05) is 23.7 Å². The summed E-state index contributed by atoms with van der Waals surface area (Å²) >= 11 is 9.69. The Bertz CT molecular complexity index is 1490. The molecular weight excluding hydrogens is 563 g/mol. The van der Waals surface area contributed by atoms with Gasteiger partial charge in [0.05, 0.1) is 48.9 Å². The minimum Gasteiger partial charge on any atom is -0.493 e. The number of thiazole rings is 1. The number of carbonyl (C=O) groups is 1. The summed E-state index contributed by atoms with van der Waals surface area (Å²) in [7, 11) is 4.59. The minimum absolute atomic E-state index is 0.218. The van der Waals surface area contributed by atoms with Crippen molar-refractivity contribution in [3.63, 3.8) is 0 Å². The minimum atomic E-state index is -0.769. The summed E-state index contributed by atoms with van der Waals surface area (Å²) in [6.45, 7) is -0.769. The predicted molar refractivity (Wildman–Crippen MR) is 149 cm³/mol. The molecule has 0 saturated heterocycles. The number of esters is 1. The summed E-state index contributed by atoms with van der Waals surface area (Å²) in [5, 5.41) is 9.58. The number of carbonyl (C=O) groups excluding carboxylic acids is 1. The standard InChI is InChI=1S/C27H26ClFN4O4S2/c1-35-20-6-4-5-17(25(20)37-3)26-18-11-15(28)7-9-19(18)33-22(13-29)31-32-27(33)21(39-26)12-23-30-14-16(38-23)8-10-24(34)36-2/h4-7,9,11,14,21,26H,8,10,12-13H2,1-3H3/t21-,26-/m1/s1. The van der Waals surface area contributed by atoms with Gasteiger partial charge in [0.2, 0.25) is 0 Å². The van der Waals surface area contributed by atoms with Crippen molar-refractivity contribution < 1.29 is 23.4 Å². The molecule has 12 heteroatoms. The number of hydrogen-bond donors (Lipinski definition) is 0. The van der Waals surface area contributed by atoms with Crippen LogP contribution in [0.2, 0.25) is 5.02 Å². The van der Waals surface area contributed by atoms with Crippen LogP contribution >= 0.6 is 34.7 Å². The lowest BCUT2D eigenvalue weighted by atomic mass is 10.0. The van der Waals surface area contributed by atoms with Gasteiger partial charge in [0.25, 0.3) is 0 Å². The molecule has 1 aliphatic heterocycles. The number of thioether (sulfide) groups is 1. The highest BCUT2D eigenvalue weighted by Gasteiger charge is 2.36. The Balaban J connectivity index is 1.61. The first kappa shape index (κ1) is 27.4. The van der Waals surface area contributed by atoms with E-state index < -0.39 is 6.67 Å². The number of halogens is 2. The van der Waals surface area contributed by atoms with Gasteiger partial charge >= 0.3 is 5.97 Å². The molecule has 204 valence electrons. The fourth-order valence-corrected chi connectivity index (χ4v) is 7.45. The van der Waals surface area contributed by atoms with Crippen molar-refractivity contribution in [3.05, 3.63) is 80.3 Å². The summed E-state index contributed by atoms with van der Waals surface area (Å²) in [6.07, 6.45) is 3.16. The SMILES string of the molecule is COC(=O)CCc1cnc(C[C@H]2S[C@H](c3cccc(OC)c3OC)c3cc(Cl)ccc3-n3c(CF)nnc32)s1. The van der Waals surface area contributed by atoms with E-state index in [1.54, 1.807) is 54.1 Å². The topological polar surface area (TPSA) is 88.4 Å². The first-order valence-corrected chi connectivity index (χ1v) is 14.3. The van der Waals surface area contributed by atoms with Crippen LogP contribution < -0.4 is 9.47 Å². The number of ether oxygens (including phenoxy) is 3. The summed E-state index contributed by atoms with van der Waals surface area (Å²) in [6, 6.07) is 11.3. The summed E-state index contributed by atoms with van der Waals surface area (Å²) in [5.41, 5.74) is 2.54. The van der Waals surface area contributed by atoms with Crippen molar-refractivity contribution in [1.82, 2.24) is 19.7 Å². The number of hydrogen-bond acceptors (Lipinski definition) is 9. The first-order valence-electron chi connectivity index (χ1n) is 12.1. The molecule has 4 aromatic rings. The van der Waals surface area contributed by atoms with E-state index in [1.807, 2.05) is 30.3 Å². The average Bonchev–Trinajstić information content (AvgIpc) is 3.57. The molecule has 0 amide bonds. The van der Waals surface area contributed by atoms with E-state index in [-0.39, 0.29) is 28.7 Å². The number of fused-ring (bicyclic) bond motifs is 3. The number of alkyl halides is 1. The molecule has 8 nitrogen and oxygen atoms in total. The van der Waals surface area contributed by atoms with Crippen molar-refractivity contribution in [2.75, 3.05) is 21.3 Å². The van der Waals surface area contributed by atoms with Crippen LogP contribution in [0, 0.1) is 0 Å². The molecular formula is C27H26ClFN4O4S2. The molecule has 0 N–H and O–H groups in total. The molecule has 0 radical (unpaired) electrons. The number of benzene rings is 2. The Kier molecular flexibility index (Phi) is 8.39. The zero-order chi connectivity index (χ0) is 27.5. The highest BCUT2D eigenvalue weighted by Crippen LogP contribution is 2.53. The average molecular weight is 589 g/mol. The van der Waals surface area contributed by atoms with Crippen LogP contribution in [-0.2, 0) is 29.0 Å². The number of rotatable bonds is 9. The lowest BCUT2D eigenvalue weighted by Gasteiger charge is -2.23.